The van der Waals surface area contributed by atoms with Crippen LogP contribution in [-0.2, 0) is 17.8 Å². The highest BCUT2D eigenvalue weighted by Gasteiger charge is 2.15. The Morgan fingerprint density at radius 3 is 3.00 bits per heavy atom. The van der Waals surface area contributed by atoms with Crippen LogP contribution in [0.2, 0.25) is 0 Å². The molecule has 0 aromatic carbocycles. The number of aromatic nitrogens is 5. The SMILES string of the molecule is CCc1noc(-c2cccn3c(CNC(=O)/C=C/c4ccco4)nnc23)n1. The van der Waals surface area contributed by atoms with Gasteiger partial charge in [0.25, 0.3) is 5.89 Å². The van der Waals surface area contributed by atoms with Crippen molar-refractivity contribution >= 4 is 17.6 Å². The maximum atomic E-state index is 12.0. The molecule has 136 valence electrons. The van der Waals surface area contributed by atoms with Gasteiger partial charge in [0, 0.05) is 18.7 Å². The summed E-state index contributed by atoms with van der Waals surface area (Å²) in [6.45, 7) is 2.17. The molecule has 0 saturated carbocycles. The quantitative estimate of drug-likeness (QED) is 0.522. The topological polar surface area (TPSA) is 111 Å². The number of hydrogen-bond acceptors (Lipinski definition) is 7. The van der Waals surface area contributed by atoms with Crippen LogP contribution in [0.25, 0.3) is 23.2 Å². The van der Waals surface area contributed by atoms with Crippen LogP contribution >= 0.6 is 0 Å². The average Bonchev–Trinajstić information content (AvgIpc) is 3.45. The van der Waals surface area contributed by atoms with Crippen LogP contribution in [0.3, 0.4) is 0 Å². The molecule has 9 nitrogen and oxygen atoms in total. The molecule has 9 heteroatoms. The fourth-order valence-corrected chi connectivity index (χ4v) is 2.53. The first-order valence-electron chi connectivity index (χ1n) is 8.39. The number of rotatable bonds is 6. The Kier molecular flexibility index (Phi) is 4.48. The maximum Gasteiger partial charge on any atom is 0.261 e. The van der Waals surface area contributed by atoms with Gasteiger partial charge in [-0.2, -0.15) is 4.98 Å². The Morgan fingerprint density at radius 1 is 1.30 bits per heavy atom. The number of carbonyl (C=O) groups excluding carboxylic acids is 1. The molecule has 0 aliphatic carbocycles. The van der Waals surface area contributed by atoms with Gasteiger partial charge in [-0.15, -0.1) is 10.2 Å². The molecule has 4 rings (SSSR count). The van der Waals surface area contributed by atoms with Gasteiger partial charge in [-0.05, 0) is 30.3 Å². The third kappa shape index (κ3) is 3.47. The normalized spacial score (nSPS) is 11.4. The van der Waals surface area contributed by atoms with Gasteiger partial charge in [-0.25, -0.2) is 0 Å². The fourth-order valence-electron chi connectivity index (χ4n) is 2.53. The van der Waals surface area contributed by atoms with Crippen LogP contribution in [0.5, 0.6) is 0 Å². The van der Waals surface area contributed by atoms with Crippen molar-refractivity contribution in [1.82, 2.24) is 30.1 Å². The second-order valence-electron chi connectivity index (χ2n) is 5.67. The molecule has 0 aliphatic heterocycles. The molecule has 0 bridgehead atoms. The molecule has 4 aromatic heterocycles. The summed E-state index contributed by atoms with van der Waals surface area (Å²) < 4.78 is 12.2. The smallest absolute Gasteiger partial charge is 0.261 e. The minimum Gasteiger partial charge on any atom is -0.465 e. The third-order valence-electron chi connectivity index (χ3n) is 3.88. The molecule has 0 atom stereocenters. The summed E-state index contributed by atoms with van der Waals surface area (Å²) in [6, 6.07) is 7.19. The van der Waals surface area contributed by atoms with Gasteiger partial charge in [-0.1, -0.05) is 12.1 Å². The lowest BCUT2D eigenvalue weighted by Gasteiger charge is -2.02. The van der Waals surface area contributed by atoms with E-state index in [1.807, 2.05) is 25.3 Å². The van der Waals surface area contributed by atoms with Crippen molar-refractivity contribution in [1.29, 1.82) is 0 Å². The van der Waals surface area contributed by atoms with Gasteiger partial charge in [0.1, 0.15) is 5.76 Å². The molecular formula is C18H16N6O3. The summed E-state index contributed by atoms with van der Waals surface area (Å²) in [7, 11) is 0. The lowest BCUT2D eigenvalue weighted by atomic mass is 10.2. The number of nitrogens with one attached hydrogen (secondary N) is 1. The highest BCUT2D eigenvalue weighted by Crippen LogP contribution is 2.22. The van der Waals surface area contributed by atoms with Crippen LogP contribution in [-0.4, -0.2) is 30.6 Å². The number of hydrogen-bond donors (Lipinski definition) is 1. The lowest BCUT2D eigenvalue weighted by molar-refractivity contribution is -0.116. The molecule has 27 heavy (non-hydrogen) atoms. The molecule has 1 amide bonds. The molecule has 0 aliphatic rings. The van der Waals surface area contributed by atoms with Crippen LogP contribution in [0.15, 0.2) is 51.7 Å². The van der Waals surface area contributed by atoms with Crippen molar-refractivity contribution in [2.45, 2.75) is 19.9 Å². The third-order valence-corrected chi connectivity index (χ3v) is 3.88. The van der Waals surface area contributed by atoms with Gasteiger partial charge < -0.3 is 14.3 Å². The van der Waals surface area contributed by atoms with Crippen LogP contribution in [0, 0.1) is 0 Å². The minimum atomic E-state index is -0.260. The first-order valence-corrected chi connectivity index (χ1v) is 8.39. The number of aryl methyl sites for hydroxylation is 1. The zero-order valence-electron chi connectivity index (χ0n) is 14.5. The number of amides is 1. The zero-order valence-corrected chi connectivity index (χ0v) is 14.5. The zero-order chi connectivity index (χ0) is 18.6. The highest BCUT2D eigenvalue weighted by molar-refractivity contribution is 5.91. The van der Waals surface area contributed by atoms with Crippen LogP contribution in [0.4, 0.5) is 0 Å². The van der Waals surface area contributed by atoms with Gasteiger partial charge in [0.2, 0.25) is 5.91 Å². The molecule has 4 aromatic rings. The minimum absolute atomic E-state index is 0.218. The first-order chi connectivity index (χ1) is 13.2. The summed E-state index contributed by atoms with van der Waals surface area (Å²) in [4.78, 5) is 16.3. The molecular weight excluding hydrogens is 348 g/mol. The van der Waals surface area contributed by atoms with Gasteiger partial charge >= 0.3 is 0 Å². The molecule has 0 saturated heterocycles. The van der Waals surface area contributed by atoms with Crippen molar-refractivity contribution in [3.63, 3.8) is 0 Å². The average molecular weight is 364 g/mol. The fraction of sp³-hybridized carbons (Fsp3) is 0.167. The van der Waals surface area contributed by atoms with Gasteiger partial charge in [0.15, 0.2) is 17.3 Å². The maximum absolute atomic E-state index is 12.0. The predicted octanol–water partition coefficient (Wildman–Crippen LogP) is 2.26. The number of furan rings is 1. The van der Waals surface area contributed by atoms with E-state index in [0.717, 1.165) is 0 Å². The van der Waals surface area contributed by atoms with E-state index in [1.54, 1.807) is 28.9 Å². The van der Waals surface area contributed by atoms with E-state index >= 15 is 0 Å². The summed E-state index contributed by atoms with van der Waals surface area (Å²) in [5.41, 5.74) is 1.27. The molecule has 0 fully saturated rings. The summed E-state index contributed by atoms with van der Waals surface area (Å²) >= 11 is 0. The van der Waals surface area contributed by atoms with Crippen LogP contribution in [0.1, 0.15) is 24.3 Å². The number of pyridine rings is 1. The standard InChI is InChI=1S/C18H16N6O3/c1-2-14-20-18(27-23-14)13-6-3-9-24-15(21-22-17(13)24)11-19-16(25)8-7-12-5-4-10-26-12/h3-10H,2,11H2,1H3,(H,19,25)/b8-7+. The van der Waals surface area contributed by atoms with Crippen molar-refractivity contribution < 1.29 is 13.7 Å². The second kappa shape index (κ2) is 7.24. The van der Waals surface area contributed by atoms with Gasteiger partial charge in [0.05, 0.1) is 18.4 Å². The molecule has 0 spiro atoms. The Bertz CT molecular complexity index is 1090. The summed E-state index contributed by atoms with van der Waals surface area (Å²) in [5.74, 6) is 1.95. The van der Waals surface area contributed by atoms with Gasteiger partial charge in [-0.3, -0.25) is 9.20 Å². The molecule has 4 heterocycles. The molecule has 1 N–H and O–H groups in total. The molecule has 0 radical (unpaired) electrons. The number of carbonyl (C=O) groups is 1. The predicted molar refractivity (Wildman–Crippen MR) is 95.2 cm³/mol. The number of nitrogens with zero attached hydrogens (tertiary/aromatic N) is 5. The highest BCUT2D eigenvalue weighted by atomic mass is 16.5. The van der Waals surface area contributed by atoms with Crippen molar-refractivity contribution in [2.75, 3.05) is 0 Å². The Hall–Kier alpha value is -3.75. The van der Waals surface area contributed by atoms with Crippen molar-refractivity contribution in [3.8, 4) is 11.5 Å². The lowest BCUT2D eigenvalue weighted by Crippen LogP contribution is -2.21. The number of fused-ring (bicyclic) bond motifs is 1. The summed E-state index contributed by atoms with van der Waals surface area (Å²) in [5, 5.41) is 15.0. The molecule has 0 unspecified atom stereocenters. The Labute approximate surface area is 153 Å². The van der Waals surface area contributed by atoms with Crippen LogP contribution < -0.4 is 5.32 Å². The van der Waals surface area contributed by atoms with E-state index in [4.69, 9.17) is 8.94 Å². The second-order valence-corrected chi connectivity index (χ2v) is 5.67. The van der Waals surface area contributed by atoms with E-state index in [0.29, 0.717) is 40.9 Å². The van der Waals surface area contributed by atoms with E-state index in [-0.39, 0.29) is 12.5 Å². The van der Waals surface area contributed by atoms with Crippen molar-refractivity contribution in [3.05, 3.63) is 60.2 Å². The largest absolute Gasteiger partial charge is 0.465 e. The monoisotopic (exact) mass is 364 g/mol. The van der Waals surface area contributed by atoms with E-state index in [2.05, 4.69) is 25.7 Å². The van der Waals surface area contributed by atoms with Crippen molar-refractivity contribution in [2.24, 2.45) is 0 Å². The van der Waals surface area contributed by atoms with E-state index in [9.17, 15) is 4.79 Å². The van der Waals surface area contributed by atoms with E-state index in [1.165, 1.54) is 6.08 Å². The first kappa shape index (κ1) is 16.7. The van der Waals surface area contributed by atoms with E-state index < -0.39 is 0 Å². The Morgan fingerprint density at radius 2 is 2.22 bits per heavy atom. The summed E-state index contributed by atoms with van der Waals surface area (Å²) in [6.07, 6.45) is 7.04. The Balaban J connectivity index is 1.51.